The Hall–Kier alpha value is -2.15. The predicted molar refractivity (Wildman–Crippen MR) is 83.4 cm³/mol. The highest BCUT2D eigenvalue weighted by Gasteiger charge is 2.20. The first-order chi connectivity index (χ1) is 11.2. The standard InChI is InChI=1S/C16H22N4O3/c1-3-22-16(21)15-8-13(23-19-15)9-20-10-14(11(2)18-20)12-4-6-17-7-5-12/h8,10,12,17H,3-7,9H2,1-2H3. The fraction of sp³-hybridized carbons (Fsp3) is 0.562. The molecule has 1 fully saturated rings. The number of ether oxygens (including phenoxy) is 1. The third-order valence-corrected chi connectivity index (χ3v) is 4.12. The topological polar surface area (TPSA) is 82.2 Å². The Morgan fingerprint density at radius 2 is 2.26 bits per heavy atom. The summed E-state index contributed by atoms with van der Waals surface area (Å²) < 4.78 is 12.0. The van der Waals surface area contributed by atoms with Crippen LogP contribution in [-0.2, 0) is 11.3 Å². The summed E-state index contributed by atoms with van der Waals surface area (Å²) in [7, 11) is 0. The lowest BCUT2D eigenvalue weighted by molar-refractivity contribution is 0.0514. The minimum atomic E-state index is -0.463. The summed E-state index contributed by atoms with van der Waals surface area (Å²) >= 11 is 0. The molecule has 3 rings (SSSR count). The number of rotatable bonds is 5. The second-order valence-electron chi connectivity index (χ2n) is 5.79. The van der Waals surface area contributed by atoms with E-state index in [4.69, 9.17) is 9.26 Å². The normalized spacial score (nSPS) is 15.7. The summed E-state index contributed by atoms with van der Waals surface area (Å²) in [5, 5.41) is 11.7. The molecule has 1 N–H and O–H groups in total. The van der Waals surface area contributed by atoms with E-state index >= 15 is 0 Å². The molecule has 2 aromatic rings. The van der Waals surface area contributed by atoms with Crippen molar-refractivity contribution in [3.8, 4) is 0 Å². The highest BCUT2D eigenvalue weighted by Crippen LogP contribution is 2.27. The number of piperidine rings is 1. The summed E-state index contributed by atoms with van der Waals surface area (Å²) in [5.74, 6) is 0.691. The quantitative estimate of drug-likeness (QED) is 0.848. The third kappa shape index (κ3) is 3.61. The van der Waals surface area contributed by atoms with Crippen molar-refractivity contribution in [3.05, 3.63) is 35.0 Å². The van der Waals surface area contributed by atoms with Gasteiger partial charge < -0.3 is 14.6 Å². The van der Waals surface area contributed by atoms with Gasteiger partial charge in [0.1, 0.15) is 6.54 Å². The summed E-state index contributed by atoms with van der Waals surface area (Å²) in [5.41, 5.74) is 2.56. The van der Waals surface area contributed by atoms with Crippen molar-refractivity contribution in [2.45, 2.75) is 39.2 Å². The molecular weight excluding hydrogens is 296 g/mol. The van der Waals surface area contributed by atoms with Crippen LogP contribution in [0.25, 0.3) is 0 Å². The maximum atomic E-state index is 11.6. The van der Waals surface area contributed by atoms with Crippen molar-refractivity contribution in [1.29, 1.82) is 0 Å². The Balaban J connectivity index is 1.70. The van der Waals surface area contributed by atoms with Crippen LogP contribution in [0.1, 0.15) is 53.2 Å². The van der Waals surface area contributed by atoms with E-state index in [1.54, 1.807) is 13.0 Å². The van der Waals surface area contributed by atoms with Gasteiger partial charge in [0.2, 0.25) is 0 Å². The summed E-state index contributed by atoms with van der Waals surface area (Å²) in [6, 6.07) is 1.61. The molecule has 2 aromatic heterocycles. The Bertz CT molecular complexity index is 671. The smallest absolute Gasteiger partial charge is 0.360 e. The number of aryl methyl sites for hydroxylation is 1. The molecule has 124 valence electrons. The Labute approximate surface area is 135 Å². The molecule has 0 aromatic carbocycles. The molecule has 7 nitrogen and oxygen atoms in total. The molecule has 0 atom stereocenters. The van der Waals surface area contributed by atoms with Crippen molar-refractivity contribution in [1.82, 2.24) is 20.3 Å². The van der Waals surface area contributed by atoms with E-state index in [0.29, 0.717) is 24.8 Å². The van der Waals surface area contributed by atoms with Crippen molar-refractivity contribution in [3.63, 3.8) is 0 Å². The van der Waals surface area contributed by atoms with E-state index < -0.39 is 5.97 Å². The van der Waals surface area contributed by atoms with Gasteiger partial charge in [0.05, 0.1) is 12.3 Å². The third-order valence-electron chi connectivity index (χ3n) is 4.12. The fourth-order valence-corrected chi connectivity index (χ4v) is 3.00. The zero-order valence-corrected chi connectivity index (χ0v) is 13.5. The second kappa shape index (κ2) is 6.95. The molecule has 1 aliphatic rings. The number of esters is 1. The van der Waals surface area contributed by atoms with Crippen LogP contribution in [0, 0.1) is 6.92 Å². The lowest BCUT2D eigenvalue weighted by Crippen LogP contribution is -2.26. The second-order valence-corrected chi connectivity index (χ2v) is 5.79. The van der Waals surface area contributed by atoms with Crippen LogP contribution < -0.4 is 5.32 Å². The predicted octanol–water partition coefficient (Wildman–Crippen LogP) is 1.87. The molecule has 0 amide bonds. The van der Waals surface area contributed by atoms with E-state index in [9.17, 15) is 4.79 Å². The van der Waals surface area contributed by atoms with E-state index in [1.807, 2.05) is 11.6 Å². The minimum absolute atomic E-state index is 0.198. The van der Waals surface area contributed by atoms with Gasteiger partial charge >= 0.3 is 5.97 Å². The lowest BCUT2D eigenvalue weighted by Gasteiger charge is -2.21. The van der Waals surface area contributed by atoms with Crippen LogP contribution in [0.3, 0.4) is 0 Å². The monoisotopic (exact) mass is 318 g/mol. The molecular formula is C16H22N4O3. The molecule has 0 spiro atoms. The van der Waals surface area contributed by atoms with E-state index in [-0.39, 0.29) is 5.69 Å². The highest BCUT2D eigenvalue weighted by molar-refractivity contribution is 5.87. The van der Waals surface area contributed by atoms with E-state index in [2.05, 4.69) is 21.8 Å². The van der Waals surface area contributed by atoms with Crippen molar-refractivity contribution < 1.29 is 14.1 Å². The van der Waals surface area contributed by atoms with E-state index in [0.717, 1.165) is 31.6 Å². The van der Waals surface area contributed by atoms with Crippen LogP contribution in [-0.4, -0.2) is 40.6 Å². The van der Waals surface area contributed by atoms with Crippen LogP contribution in [0.5, 0.6) is 0 Å². The zero-order chi connectivity index (χ0) is 16.2. The average Bonchev–Trinajstić information content (AvgIpc) is 3.16. The number of hydrogen-bond donors (Lipinski definition) is 1. The summed E-state index contributed by atoms with van der Waals surface area (Å²) in [6.07, 6.45) is 4.36. The van der Waals surface area contributed by atoms with Gasteiger partial charge in [-0.05, 0) is 51.3 Å². The number of nitrogens with one attached hydrogen (secondary N) is 1. The molecule has 3 heterocycles. The Morgan fingerprint density at radius 1 is 1.48 bits per heavy atom. The van der Waals surface area contributed by atoms with Crippen LogP contribution in [0.15, 0.2) is 16.8 Å². The molecule has 0 saturated carbocycles. The van der Waals surface area contributed by atoms with E-state index in [1.165, 1.54) is 5.56 Å². The maximum Gasteiger partial charge on any atom is 0.360 e. The first-order valence-corrected chi connectivity index (χ1v) is 8.04. The largest absolute Gasteiger partial charge is 0.461 e. The molecule has 0 bridgehead atoms. The van der Waals surface area contributed by atoms with Gasteiger partial charge in [0.15, 0.2) is 11.5 Å². The first-order valence-electron chi connectivity index (χ1n) is 8.04. The highest BCUT2D eigenvalue weighted by atomic mass is 16.5. The molecule has 23 heavy (non-hydrogen) atoms. The average molecular weight is 318 g/mol. The Kier molecular flexibility index (Phi) is 4.76. The van der Waals surface area contributed by atoms with Gasteiger partial charge in [-0.1, -0.05) is 5.16 Å². The van der Waals surface area contributed by atoms with Gasteiger partial charge in [0.25, 0.3) is 0 Å². The first kappa shape index (κ1) is 15.7. The van der Waals surface area contributed by atoms with Gasteiger partial charge in [-0.25, -0.2) is 4.79 Å². The van der Waals surface area contributed by atoms with Crippen LogP contribution in [0.4, 0.5) is 0 Å². The van der Waals surface area contributed by atoms with Crippen molar-refractivity contribution >= 4 is 5.97 Å². The SMILES string of the molecule is CCOC(=O)c1cc(Cn2cc(C3CCNCC3)c(C)n2)on1. The fourth-order valence-electron chi connectivity index (χ4n) is 3.00. The minimum Gasteiger partial charge on any atom is -0.461 e. The maximum absolute atomic E-state index is 11.6. The lowest BCUT2D eigenvalue weighted by atomic mass is 9.91. The molecule has 0 aliphatic carbocycles. The number of carbonyl (C=O) groups is 1. The van der Waals surface area contributed by atoms with Crippen molar-refractivity contribution in [2.24, 2.45) is 0 Å². The molecule has 0 unspecified atom stereocenters. The van der Waals surface area contributed by atoms with Gasteiger partial charge in [-0.15, -0.1) is 0 Å². The van der Waals surface area contributed by atoms with Crippen molar-refractivity contribution in [2.75, 3.05) is 19.7 Å². The number of hydrogen-bond acceptors (Lipinski definition) is 6. The number of carbonyl (C=O) groups excluding carboxylic acids is 1. The number of aromatic nitrogens is 3. The summed E-state index contributed by atoms with van der Waals surface area (Å²) in [6.45, 7) is 6.68. The van der Waals surface area contributed by atoms with Gasteiger partial charge in [-0.3, -0.25) is 4.68 Å². The molecule has 7 heteroatoms. The number of nitrogens with zero attached hydrogens (tertiary/aromatic N) is 3. The van der Waals surface area contributed by atoms with Gasteiger partial charge in [0, 0.05) is 12.3 Å². The molecule has 1 saturated heterocycles. The summed E-state index contributed by atoms with van der Waals surface area (Å²) in [4.78, 5) is 11.6. The van der Waals surface area contributed by atoms with Gasteiger partial charge in [-0.2, -0.15) is 5.10 Å². The zero-order valence-electron chi connectivity index (χ0n) is 13.5. The molecule has 0 radical (unpaired) electrons. The molecule has 1 aliphatic heterocycles. The van der Waals surface area contributed by atoms with Crippen LogP contribution in [0.2, 0.25) is 0 Å². The van der Waals surface area contributed by atoms with Crippen LogP contribution >= 0.6 is 0 Å². The Morgan fingerprint density at radius 3 is 3.00 bits per heavy atom.